The molecule has 1 saturated heterocycles. The fourth-order valence-corrected chi connectivity index (χ4v) is 4.97. The van der Waals surface area contributed by atoms with Crippen LogP contribution in [0.4, 0.5) is 0 Å². The highest BCUT2D eigenvalue weighted by molar-refractivity contribution is 7.18. The Morgan fingerprint density at radius 3 is 2.89 bits per heavy atom. The number of para-hydroxylation sites is 1. The molecule has 0 N–H and O–H groups in total. The number of nitrogens with zero attached hydrogens (tertiary/aromatic N) is 4. The van der Waals surface area contributed by atoms with Crippen molar-refractivity contribution in [1.29, 1.82) is 0 Å². The molecule has 1 aliphatic heterocycles. The molecule has 2 aromatic heterocycles. The molecule has 3 heterocycles. The molecule has 0 saturated carbocycles. The number of fused-ring (bicyclic) bond motifs is 1. The highest BCUT2D eigenvalue weighted by atomic mass is 32.1. The largest absolute Gasteiger partial charge is 0.353 e. The molecule has 6 heteroatoms. The van der Waals surface area contributed by atoms with Gasteiger partial charge in [-0.1, -0.05) is 12.1 Å². The average Bonchev–Trinajstić information content (AvgIpc) is 3.39. The Kier molecular flexibility index (Phi) is 5.02. The minimum absolute atomic E-state index is 0.0222. The second-order valence-electron chi connectivity index (χ2n) is 7.37. The number of likely N-dealkylation sites (tertiary alicyclic amines) is 1. The molecule has 27 heavy (non-hydrogen) atoms. The number of thiazole rings is 1. The molecular formula is C21H26N4OS. The molecule has 1 aromatic carbocycles. The van der Waals surface area contributed by atoms with Crippen LogP contribution in [0.1, 0.15) is 42.6 Å². The number of aromatic nitrogens is 2. The Balaban J connectivity index is 1.46. The summed E-state index contributed by atoms with van der Waals surface area (Å²) in [6.45, 7) is 3.50. The monoisotopic (exact) mass is 382 g/mol. The van der Waals surface area contributed by atoms with E-state index in [2.05, 4.69) is 47.8 Å². The van der Waals surface area contributed by atoms with Gasteiger partial charge in [0.1, 0.15) is 5.01 Å². The van der Waals surface area contributed by atoms with Crippen LogP contribution < -0.4 is 0 Å². The van der Waals surface area contributed by atoms with Gasteiger partial charge < -0.3 is 9.47 Å². The van der Waals surface area contributed by atoms with Crippen molar-refractivity contribution in [2.24, 2.45) is 7.05 Å². The van der Waals surface area contributed by atoms with Gasteiger partial charge in [0, 0.05) is 26.0 Å². The molecule has 5 nitrogen and oxygen atoms in total. The van der Waals surface area contributed by atoms with Crippen LogP contribution in [0.2, 0.25) is 0 Å². The number of aryl methyl sites for hydroxylation is 1. The summed E-state index contributed by atoms with van der Waals surface area (Å²) >= 11 is 1.67. The maximum atomic E-state index is 13.0. The third-order valence-electron chi connectivity index (χ3n) is 5.67. The van der Waals surface area contributed by atoms with Crippen LogP contribution >= 0.6 is 11.3 Å². The lowest BCUT2D eigenvalue weighted by Gasteiger charge is -2.29. The summed E-state index contributed by atoms with van der Waals surface area (Å²) in [5.41, 5.74) is 2.30. The minimum Gasteiger partial charge on any atom is -0.353 e. The van der Waals surface area contributed by atoms with E-state index < -0.39 is 0 Å². The third kappa shape index (κ3) is 3.51. The normalized spacial score (nSPS) is 18.9. The van der Waals surface area contributed by atoms with Crippen molar-refractivity contribution in [3.8, 4) is 0 Å². The zero-order valence-electron chi connectivity index (χ0n) is 16.1. The number of carbonyl (C=O) groups excluding carboxylic acids is 1. The van der Waals surface area contributed by atoms with Gasteiger partial charge in [0.05, 0.1) is 28.8 Å². The zero-order valence-corrected chi connectivity index (χ0v) is 16.9. The smallest absolute Gasteiger partial charge is 0.237 e. The third-order valence-corrected chi connectivity index (χ3v) is 6.88. The van der Waals surface area contributed by atoms with Gasteiger partial charge in [-0.25, -0.2) is 4.98 Å². The number of rotatable bonds is 5. The van der Waals surface area contributed by atoms with Crippen molar-refractivity contribution in [2.75, 3.05) is 20.1 Å². The lowest BCUT2D eigenvalue weighted by molar-refractivity contribution is -0.133. The minimum atomic E-state index is -0.0222. The Hall–Kier alpha value is -2.18. The summed E-state index contributed by atoms with van der Waals surface area (Å²) in [5.74, 6) is 0.155. The van der Waals surface area contributed by atoms with Gasteiger partial charge in [-0.2, -0.15) is 0 Å². The molecule has 0 unspecified atom stereocenters. The zero-order chi connectivity index (χ0) is 19.0. The SMILES string of the molecule is C[C@H](c1nc2ccccc2s1)N(C)C(=O)CN1CCC[C@H]1c1cccn1C. The Morgan fingerprint density at radius 2 is 2.15 bits per heavy atom. The first-order chi connectivity index (χ1) is 13.0. The molecule has 2 atom stereocenters. The van der Waals surface area contributed by atoms with Gasteiger partial charge in [-0.15, -0.1) is 11.3 Å². The van der Waals surface area contributed by atoms with Gasteiger partial charge in [0.15, 0.2) is 0 Å². The van der Waals surface area contributed by atoms with E-state index in [0.29, 0.717) is 12.6 Å². The molecule has 0 bridgehead atoms. The van der Waals surface area contributed by atoms with E-state index in [9.17, 15) is 4.79 Å². The van der Waals surface area contributed by atoms with E-state index in [1.165, 1.54) is 10.4 Å². The van der Waals surface area contributed by atoms with Gasteiger partial charge in [-0.05, 0) is 50.6 Å². The van der Waals surface area contributed by atoms with Crippen molar-refractivity contribution < 1.29 is 4.79 Å². The molecule has 3 aromatic rings. The van der Waals surface area contributed by atoms with Crippen LogP contribution in [0, 0.1) is 0 Å². The van der Waals surface area contributed by atoms with Crippen LogP contribution in [0.5, 0.6) is 0 Å². The van der Waals surface area contributed by atoms with E-state index in [4.69, 9.17) is 4.98 Å². The summed E-state index contributed by atoms with van der Waals surface area (Å²) in [4.78, 5) is 21.9. The second-order valence-corrected chi connectivity index (χ2v) is 8.44. The van der Waals surface area contributed by atoms with Gasteiger partial charge in [-0.3, -0.25) is 9.69 Å². The predicted octanol–water partition coefficient (Wildman–Crippen LogP) is 3.99. The molecule has 1 aliphatic rings. The van der Waals surface area contributed by atoms with Gasteiger partial charge in [0.25, 0.3) is 0 Å². The number of likely N-dealkylation sites (N-methyl/N-ethyl adjacent to an activating group) is 1. The second kappa shape index (κ2) is 7.44. The molecule has 1 fully saturated rings. The van der Waals surface area contributed by atoms with Crippen molar-refractivity contribution in [3.63, 3.8) is 0 Å². The van der Waals surface area contributed by atoms with Crippen LogP contribution in [-0.2, 0) is 11.8 Å². The first-order valence-corrected chi connectivity index (χ1v) is 10.3. The first-order valence-electron chi connectivity index (χ1n) is 9.51. The topological polar surface area (TPSA) is 41.4 Å². The van der Waals surface area contributed by atoms with E-state index in [1.807, 2.05) is 30.1 Å². The van der Waals surface area contributed by atoms with Crippen LogP contribution in [-0.4, -0.2) is 45.4 Å². The molecule has 0 spiro atoms. The molecule has 0 aliphatic carbocycles. The first kappa shape index (κ1) is 18.2. The number of carbonyl (C=O) groups is 1. The molecule has 0 radical (unpaired) electrons. The number of hydrogen-bond acceptors (Lipinski definition) is 4. The van der Waals surface area contributed by atoms with Crippen LogP contribution in [0.25, 0.3) is 10.2 Å². The van der Waals surface area contributed by atoms with Gasteiger partial charge in [0.2, 0.25) is 5.91 Å². The van der Waals surface area contributed by atoms with Crippen molar-refractivity contribution in [2.45, 2.75) is 31.8 Å². The van der Waals surface area contributed by atoms with E-state index in [-0.39, 0.29) is 11.9 Å². The number of benzene rings is 1. The highest BCUT2D eigenvalue weighted by Gasteiger charge is 2.31. The molecule has 1 amide bonds. The van der Waals surface area contributed by atoms with Crippen LogP contribution in [0.3, 0.4) is 0 Å². The lowest BCUT2D eigenvalue weighted by Crippen LogP contribution is -2.39. The predicted molar refractivity (Wildman–Crippen MR) is 110 cm³/mol. The highest BCUT2D eigenvalue weighted by Crippen LogP contribution is 2.33. The summed E-state index contributed by atoms with van der Waals surface area (Å²) in [6.07, 6.45) is 4.33. The van der Waals surface area contributed by atoms with Crippen molar-refractivity contribution in [3.05, 3.63) is 53.3 Å². The summed E-state index contributed by atoms with van der Waals surface area (Å²) < 4.78 is 3.34. The van der Waals surface area contributed by atoms with E-state index >= 15 is 0 Å². The van der Waals surface area contributed by atoms with Crippen molar-refractivity contribution >= 4 is 27.5 Å². The maximum Gasteiger partial charge on any atom is 0.237 e. The standard InChI is InChI=1S/C21H26N4OS/c1-15(21-22-16-8-4-5-11-19(16)27-21)24(3)20(26)14-25-13-7-10-18(25)17-9-6-12-23(17)2/h4-6,8-9,11-12,15,18H,7,10,13-14H2,1-3H3/t15-,18+/m1/s1. The number of amides is 1. The fraction of sp³-hybridized carbons (Fsp3) is 0.429. The Bertz CT molecular complexity index is 913. The Labute approximate surface area is 164 Å². The Morgan fingerprint density at radius 1 is 1.33 bits per heavy atom. The van der Waals surface area contributed by atoms with Crippen molar-refractivity contribution in [1.82, 2.24) is 19.4 Å². The lowest BCUT2D eigenvalue weighted by atomic mass is 10.1. The fourth-order valence-electron chi connectivity index (χ4n) is 3.91. The molecule has 142 valence electrons. The van der Waals surface area contributed by atoms with Gasteiger partial charge >= 0.3 is 0 Å². The van der Waals surface area contributed by atoms with E-state index in [0.717, 1.165) is 29.9 Å². The maximum absolute atomic E-state index is 13.0. The molecular weight excluding hydrogens is 356 g/mol. The van der Waals surface area contributed by atoms with E-state index in [1.54, 1.807) is 11.3 Å². The van der Waals surface area contributed by atoms with Crippen LogP contribution in [0.15, 0.2) is 42.6 Å². The quantitative estimate of drug-likeness (QED) is 0.670. The number of hydrogen-bond donors (Lipinski definition) is 0. The molecule has 4 rings (SSSR count). The summed E-state index contributed by atoms with van der Waals surface area (Å²) in [5, 5.41) is 0.993. The summed E-state index contributed by atoms with van der Waals surface area (Å²) in [6, 6.07) is 12.7. The average molecular weight is 383 g/mol. The summed E-state index contributed by atoms with van der Waals surface area (Å²) in [7, 11) is 3.97.